The fraction of sp³-hybridized carbons (Fsp3) is 0.133. The van der Waals surface area contributed by atoms with E-state index in [1.54, 1.807) is 0 Å². The van der Waals surface area contributed by atoms with Crippen LogP contribution < -0.4 is 0 Å². The van der Waals surface area contributed by atoms with Crippen LogP contribution >= 0.6 is 0 Å². The van der Waals surface area contributed by atoms with E-state index in [4.69, 9.17) is 0 Å². The van der Waals surface area contributed by atoms with Gasteiger partial charge in [0.15, 0.2) is 0 Å². The Morgan fingerprint density at radius 1 is 1.00 bits per heavy atom. The molecule has 0 atom stereocenters. The van der Waals surface area contributed by atoms with Gasteiger partial charge in [0.25, 0.3) is 0 Å². The van der Waals surface area contributed by atoms with Crippen molar-refractivity contribution in [3.63, 3.8) is 0 Å². The van der Waals surface area contributed by atoms with Crippen LogP contribution in [-0.2, 0) is 0 Å². The number of hydrogen-bond donors (Lipinski definition) is 1. The molecule has 0 aliphatic rings. The van der Waals surface area contributed by atoms with E-state index in [0.717, 1.165) is 5.65 Å². The third-order valence-electron chi connectivity index (χ3n) is 3.35. The number of aromatic nitrogens is 2. The standard InChI is InChI=1S/C15H14N2/c1-10-4-3-5-12(11(10)2)13-6-8-16-15-14(13)7-9-17-15/h3-9H,1-2H3,(H,16,17). The third kappa shape index (κ3) is 1.53. The molecule has 0 saturated carbocycles. The lowest BCUT2D eigenvalue weighted by Gasteiger charge is -2.09. The molecule has 84 valence electrons. The first kappa shape index (κ1) is 10.1. The van der Waals surface area contributed by atoms with Crippen LogP contribution in [-0.4, -0.2) is 9.97 Å². The lowest BCUT2D eigenvalue weighted by Crippen LogP contribution is -1.88. The Morgan fingerprint density at radius 3 is 2.76 bits per heavy atom. The predicted molar refractivity (Wildman–Crippen MR) is 71.0 cm³/mol. The summed E-state index contributed by atoms with van der Waals surface area (Å²) in [5, 5.41) is 1.18. The van der Waals surface area contributed by atoms with E-state index < -0.39 is 0 Å². The quantitative estimate of drug-likeness (QED) is 0.665. The van der Waals surface area contributed by atoms with Gasteiger partial charge in [0.1, 0.15) is 5.65 Å². The van der Waals surface area contributed by atoms with Crippen molar-refractivity contribution in [1.29, 1.82) is 0 Å². The van der Waals surface area contributed by atoms with Crippen LogP contribution in [0.2, 0.25) is 0 Å². The van der Waals surface area contributed by atoms with E-state index in [1.807, 2.05) is 12.4 Å². The van der Waals surface area contributed by atoms with Crippen molar-refractivity contribution in [3.8, 4) is 11.1 Å². The number of pyridine rings is 1. The van der Waals surface area contributed by atoms with Gasteiger partial charge < -0.3 is 4.98 Å². The van der Waals surface area contributed by atoms with Crippen LogP contribution in [0.1, 0.15) is 11.1 Å². The Labute approximate surface area is 100 Å². The van der Waals surface area contributed by atoms with Gasteiger partial charge >= 0.3 is 0 Å². The molecule has 0 aliphatic carbocycles. The summed E-state index contributed by atoms with van der Waals surface area (Å²) in [7, 11) is 0. The Balaban J connectivity index is 2.34. The van der Waals surface area contributed by atoms with Crippen molar-refractivity contribution < 1.29 is 0 Å². The van der Waals surface area contributed by atoms with Crippen LogP contribution in [0.4, 0.5) is 0 Å². The van der Waals surface area contributed by atoms with Crippen molar-refractivity contribution in [3.05, 3.63) is 53.9 Å². The number of fused-ring (bicyclic) bond motifs is 1. The third-order valence-corrected chi connectivity index (χ3v) is 3.35. The lowest BCUT2D eigenvalue weighted by atomic mass is 9.96. The number of nitrogens with one attached hydrogen (secondary N) is 1. The molecule has 0 unspecified atom stereocenters. The zero-order valence-corrected chi connectivity index (χ0v) is 9.99. The van der Waals surface area contributed by atoms with Crippen molar-refractivity contribution >= 4 is 11.0 Å². The minimum atomic E-state index is 0.948. The highest BCUT2D eigenvalue weighted by Crippen LogP contribution is 2.30. The van der Waals surface area contributed by atoms with Crippen molar-refractivity contribution in [2.75, 3.05) is 0 Å². The molecule has 1 N–H and O–H groups in total. The summed E-state index contributed by atoms with van der Waals surface area (Å²) in [5.74, 6) is 0. The molecule has 2 nitrogen and oxygen atoms in total. The maximum atomic E-state index is 4.32. The normalized spacial score (nSPS) is 10.9. The largest absolute Gasteiger partial charge is 0.346 e. The average Bonchev–Trinajstić information content (AvgIpc) is 2.81. The van der Waals surface area contributed by atoms with Gasteiger partial charge in [-0.2, -0.15) is 0 Å². The lowest BCUT2D eigenvalue weighted by molar-refractivity contribution is 1.31. The van der Waals surface area contributed by atoms with E-state index in [2.05, 4.69) is 54.1 Å². The summed E-state index contributed by atoms with van der Waals surface area (Å²) in [6.07, 6.45) is 3.79. The molecule has 0 spiro atoms. The Hall–Kier alpha value is -2.09. The number of benzene rings is 1. The second kappa shape index (κ2) is 3.74. The molecule has 3 rings (SSSR count). The number of rotatable bonds is 1. The number of nitrogens with zero attached hydrogens (tertiary/aromatic N) is 1. The van der Waals surface area contributed by atoms with Crippen molar-refractivity contribution in [1.82, 2.24) is 9.97 Å². The molecule has 2 heterocycles. The number of hydrogen-bond acceptors (Lipinski definition) is 1. The monoisotopic (exact) mass is 222 g/mol. The van der Waals surface area contributed by atoms with E-state index in [0.29, 0.717) is 0 Å². The molecular weight excluding hydrogens is 208 g/mol. The van der Waals surface area contributed by atoms with E-state index in [9.17, 15) is 0 Å². The maximum absolute atomic E-state index is 4.32. The van der Waals surface area contributed by atoms with Crippen LogP contribution in [0, 0.1) is 13.8 Å². The molecule has 0 aliphatic heterocycles. The van der Waals surface area contributed by atoms with Gasteiger partial charge in [-0.1, -0.05) is 18.2 Å². The van der Waals surface area contributed by atoms with E-state index in [-0.39, 0.29) is 0 Å². The molecule has 0 saturated heterocycles. The number of aromatic amines is 1. The van der Waals surface area contributed by atoms with Crippen LogP contribution in [0.3, 0.4) is 0 Å². The van der Waals surface area contributed by atoms with Crippen LogP contribution in [0.25, 0.3) is 22.2 Å². The molecule has 0 bridgehead atoms. The number of H-pyrrole nitrogens is 1. The highest BCUT2D eigenvalue weighted by atomic mass is 14.8. The molecule has 0 amide bonds. The fourth-order valence-electron chi connectivity index (χ4n) is 2.24. The Morgan fingerprint density at radius 2 is 1.88 bits per heavy atom. The molecule has 17 heavy (non-hydrogen) atoms. The van der Waals surface area contributed by atoms with Gasteiger partial charge in [-0.15, -0.1) is 0 Å². The molecule has 2 aromatic heterocycles. The van der Waals surface area contributed by atoms with Crippen molar-refractivity contribution in [2.24, 2.45) is 0 Å². The van der Waals surface area contributed by atoms with Gasteiger partial charge in [0, 0.05) is 17.8 Å². The highest BCUT2D eigenvalue weighted by Gasteiger charge is 2.08. The molecule has 2 heteroatoms. The first-order chi connectivity index (χ1) is 8.27. The zero-order valence-electron chi connectivity index (χ0n) is 9.99. The molecule has 3 aromatic rings. The summed E-state index contributed by atoms with van der Waals surface area (Å²) in [5.41, 5.74) is 6.14. The first-order valence-corrected chi connectivity index (χ1v) is 5.76. The van der Waals surface area contributed by atoms with Gasteiger partial charge in [0.2, 0.25) is 0 Å². The highest BCUT2D eigenvalue weighted by molar-refractivity contribution is 5.93. The van der Waals surface area contributed by atoms with Gasteiger partial charge in [0.05, 0.1) is 0 Å². The van der Waals surface area contributed by atoms with Crippen LogP contribution in [0.15, 0.2) is 42.7 Å². The average molecular weight is 222 g/mol. The SMILES string of the molecule is Cc1cccc(-c2ccnc3[nH]ccc23)c1C. The van der Waals surface area contributed by atoms with Crippen LogP contribution in [0.5, 0.6) is 0 Å². The Bertz CT molecular complexity index is 680. The first-order valence-electron chi connectivity index (χ1n) is 5.76. The summed E-state index contributed by atoms with van der Waals surface area (Å²) in [6, 6.07) is 10.6. The topological polar surface area (TPSA) is 28.7 Å². The second-order valence-corrected chi connectivity index (χ2v) is 4.35. The predicted octanol–water partition coefficient (Wildman–Crippen LogP) is 3.85. The molecule has 1 aromatic carbocycles. The van der Waals surface area contributed by atoms with Crippen molar-refractivity contribution in [2.45, 2.75) is 13.8 Å². The fourth-order valence-corrected chi connectivity index (χ4v) is 2.24. The zero-order chi connectivity index (χ0) is 11.8. The van der Waals surface area contributed by atoms with Gasteiger partial charge in [-0.3, -0.25) is 0 Å². The Kier molecular flexibility index (Phi) is 2.22. The molecule has 0 radical (unpaired) electrons. The molecule has 0 fully saturated rings. The minimum absolute atomic E-state index is 0.948. The maximum Gasteiger partial charge on any atom is 0.137 e. The summed E-state index contributed by atoms with van der Waals surface area (Å²) >= 11 is 0. The summed E-state index contributed by atoms with van der Waals surface area (Å²) in [6.45, 7) is 4.32. The van der Waals surface area contributed by atoms with E-state index in [1.165, 1.54) is 27.6 Å². The van der Waals surface area contributed by atoms with E-state index >= 15 is 0 Å². The minimum Gasteiger partial charge on any atom is -0.346 e. The number of aryl methyl sites for hydroxylation is 1. The second-order valence-electron chi connectivity index (χ2n) is 4.35. The summed E-state index contributed by atoms with van der Waals surface area (Å²) < 4.78 is 0. The smallest absolute Gasteiger partial charge is 0.137 e. The van der Waals surface area contributed by atoms with Gasteiger partial charge in [-0.25, -0.2) is 4.98 Å². The van der Waals surface area contributed by atoms with Gasteiger partial charge in [-0.05, 0) is 48.2 Å². The molecular formula is C15H14N2. The summed E-state index contributed by atoms with van der Waals surface area (Å²) in [4.78, 5) is 7.48.